The molecule has 0 atom stereocenters. The zero-order valence-corrected chi connectivity index (χ0v) is 12.1. The van der Waals surface area contributed by atoms with E-state index in [0.717, 1.165) is 30.4 Å². The molecule has 0 saturated heterocycles. The molecule has 0 aromatic heterocycles. The van der Waals surface area contributed by atoms with Crippen molar-refractivity contribution in [1.29, 1.82) is 0 Å². The molecule has 102 valence electrons. The third kappa shape index (κ3) is 5.25. The summed E-state index contributed by atoms with van der Waals surface area (Å²) < 4.78 is 13.3. The molecule has 0 aliphatic heterocycles. The molecule has 2 rings (SSSR count). The first-order valence-corrected chi connectivity index (χ1v) is 7.10. The molecule has 0 aliphatic rings. The highest BCUT2D eigenvalue weighted by molar-refractivity contribution is 5.26. The van der Waals surface area contributed by atoms with Crippen LogP contribution in [-0.2, 0) is 19.3 Å². The fraction of sp³-hybridized carbons (Fsp3) is 0.333. The lowest BCUT2D eigenvalue weighted by molar-refractivity contribution is 0.623. The standard InChI is InChI=1S/C16H17F.C2H6/c1-2-13-10-15(12-16(17)11-13)9-8-14-6-4-3-5-7-14;1-2/h3-7,10-12H,2,8-9H2,1H3;1-2H3. The van der Waals surface area contributed by atoms with Crippen LogP contribution >= 0.6 is 0 Å². The summed E-state index contributed by atoms with van der Waals surface area (Å²) in [4.78, 5) is 0. The second-order valence-electron chi connectivity index (χ2n) is 4.31. The van der Waals surface area contributed by atoms with Gasteiger partial charge in [-0.15, -0.1) is 0 Å². The normalized spacial score (nSPS) is 9.68. The molecule has 0 nitrogen and oxygen atoms in total. The lowest BCUT2D eigenvalue weighted by atomic mass is 10.0. The lowest BCUT2D eigenvalue weighted by Crippen LogP contribution is -1.94. The highest BCUT2D eigenvalue weighted by Crippen LogP contribution is 2.13. The van der Waals surface area contributed by atoms with Gasteiger partial charge in [0.1, 0.15) is 5.82 Å². The summed E-state index contributed by atoms with van der Waals surface area (Å²) >= 11 is 0. The second-order valence-corrected chi connectivity index (χ2v) is 4.31. The van der Waals surface area contributed by atoms with Crippen LogP contribution in [0.5, 0.6) is 0 Å². The van der Waals surface area contributed by atoms with E-state index in [1.807, 2.05) is 32.0 Å². The fourth-order valence-corrected chi connectivity index (χ4v) is 2.00. The Labute approximate surface area is 116 Å². The van der Waals surface area contributed by atoms with E-state index in [1.165, 1.54) is 5.56 Å². The van der Waals surface area contributed by atoms with Crippen molar-refractivity contribution in [2.45, 2.75) is 40.0 Å². The average Bonchev–Trinajstić information content (AvgIpc) is 2.48. The van der Waals surface area contributed by atoms with E-state index in [1.54, 1.807) is 12.1 Å². The molecule has 2 aromatic rings. The quantitative estimate of drug-likeness (QED) is 0.707. The van der Waals surface area contributed by atoms with Crippen molar-refractivity contribution >= 4 is 0 Å². The van der Waals surface area contributed by atoms with E-state index in [4.69, 9.17) is 0 Å². The summed E-state index contributed by atoms with van der Waals surface area (Å²) in [6.07, 6.45) is 2.75. The molecule has 19 heavy (non-hydrogen) atoms. The van der Waals surface area contributed by atoms with Gasteiger partial charge in [-0.3, -0.25) is 0 Å². The van der Waals surface area contributed by atoms with Crippen LogP contribution in [0.4, 0.5) is 4.39 Å². The van der Waals surface area contributed by atoms with Gasteiger partial charge >= 0.3 is 0 Å². The molecule has 0 amide bonds. The first-order chi connectivity index (χ1) is 9.28. The van der Waals surface area contributed by atoms with Crippen LogP contribution in [0.1, 0.15) is 37.5 Å². The summed E-state index contributed by atoms with van der Waals surface area (Å²) in [6.45, 7) is 6.05. The molecule has 0 spiro atoms. The minimum Gasteiger partial charge on any atom is -0.207 e. The van der Waals surface area contributed by atoms with Crippen molar-refractivity contribution in [3.8, 4) is 0 Å². The maximum absolute atomic E-state index is 13.3. The second kappa shape index (κ2) is 8.47. The van der Waals surface area contributed by atoms with Crippen molar-refractivity contribution in [3.63, 3.8) is 0 Å². The van der Waals surface area contributed by atoms with Gasteiger partial charge in [0.15, 0.2) is 0 Å². The Morgan fingerprint density at radius 3 is 2.00 bits per heavy atom. The van der Waals surface area contributed by atoms with Crippen LogP contribution in [0.15, 0.2) is 48.5 Å². The summed E-state index contributed by atoms with van der Waals surface area (Å²) in [5.41, 5.74) is 3.47. The molecule has 0 bridgehead atoms. The van der Waals surface area contributed by atoms with Crippen LogP contribution in [0, 0.1) is 5.82 Å². The average molecular weight is 258 g/mol. The van der Waals surface area contributed by atoms with Crippen LogP contribution < -0.4 is 0 Å². The Hall–Kier alpha value is -1.63. The zero-order valence-electron chi connectivity index (χ0n) is 12.1. The largest absolute Gasteiger partial charge is 0.207 e. The summed E-state index contributed by atoms with van der Waals surface area (Å²) in [6, 6.07) is 15.7. The zero-order chi connectivity index (χ0) is 14.1. The van der Waals surface area contributed by atoms with E-state index in [-0.39, 0.29) is 5.82 Å². The molecule has 2 aromatic carbocycles. The third-order valence-electron chi connectivity index (χ3n) is 2.97. The van der Waals surface area contributed by atoms with Crippen molar-refractivity contribution in [3.05, 3.63) is 71.0 Å². The van der Waals surface area contributed by atoms with E-state index in [2.05, 4.69) is 25.1 Å². The Balaban J connectivity index is 0.000000861. The van der Waals surface area contributed by atoms with Gasteiger partial charge in [0.2, 0.25) is 0 Å². The molecule has 0 N–H and O–H groups in total. The number of hydrogen-bond donors (Lipinski definition) is 0. The van der Waals surface area contributed by atoms with Gasteiger partial charge in [-0.1, -0.05) is 57.2 Å². The predicted octanol–water partition coefficient (Wildman–Crippen LogP) is 5.20. The van der Waals surface area contributed by atoms with Crippen molar-refractivity contribution in [1.82, 2.24) is 0 Å². The van der Waals surface area contributed by atoms with Crippen molar-refractivity contribution in [2.75, 3.05) is 0 Å². The molecule has 1 heteroatoms. The molecule has 0 unspecified atom stereocenters. The molecular weight excluding hydrogens is 235 g/mol. The Bertz CT molecular complexity index is 474. The Kier molecular flexibility index (Phi) is 6.88. The number of aryl methyl sites for hydroxylation is 3. The number of hydrogen-bond acceptors (Lipinski definition) is 0. The van der Waals surface area contributed by atoms with Crippen LogP contribution in [0.3, 0.4) is 0 Å². The fourth-order valence-electron chi connectivity index (χ4n) is 2.00. The van der Waals surface area contributed by atoms with Gasteiger partial charge in [0.05, 0.1) is 0 Å². The minimum atomic E-state index is -0.118. The third-order valence-corrected chi connectivity index (χ3v) is 2.97. The van der Waals surface area contributed by atoms with E-state index in [9.17, 15) is 4.39 Å². The van der Waals surface area contributed by atoms with E-state index in [0.29, 0.717) is 0 Å². The maximum atomic E-state index is 13.3. The Morgan fingerprint density at radius 2 is 1.37 bits per heavy atom. The van der Waals surface area contributed by atoms with Crippen LogP contribution in [-0.4, -0.2) is 0 Å². The first kappa shape index (κ1) is 15.4. The number of halogens is 1. The molecule has 0 radical (unpaired) electrons. The van der Waals surface area contributed by atoms with Crippen LogP contribution in [0.25, 0.3) is 0 Å². The summed E-state index contributed by atoms with van der Waals surface area (Å²) in [5, 5.41) is 0. The van der Waals surface area contributed by atoms with Gasteiger partial charge < -0.3 is 0 Å². The smallest absolute Gasteiger partial charge is 0.123 e. The monoisotopic (exact) mass is 258 g/mol. The summed E-state index contributed by atoms with van der Waals surface area (Å²) in [7, 11) is 0. The topological polar surface area (TPSA) is 0 Å². The van der Waals surface area contributed by atoms with E-state index >= 15 is 0 Å². The summed E-state index contributed by atoms with van der Waals surface area (Å²) in [5.74, 6) is -0.118. The van der Waals surface area contributed by atoms with Crippen molar-refractivity contribution in [2.24, 2.45) is 0 Å². The molecule has 0 saturated carbocycles. The van der Waals surface area contributed by atoms with Gasteiger partial charge in [0.25, 0.3) is 0 Å². The molecule has 0 heterocycles. The van der Waals surface area contributed by atoms with Gasteiger partial charge in [-0.2, -0.15) is 0 Å². The highest BCUT2D eigenvalue weighted by atomic mass is 19.1. The van der Waals surface area contributed by atoms with Crippen molar-refractivity contribution < 1.29 is 4.39 Å². The molecule has 0 aliphatic carbocycles. The number of rotatable bonds is 4. The molecule has 0 fully saturated rings. The number of benzene rings is 2. The van der Waals surface area contributed by atoms with Crippen LogP contribution in [0.2, 0.25) is 0 Å². The first-order valence-electron chi connectivity index (χ1n) is 7.10. The van der Waals surface area contributed by atoms with Gasteiger partial charge in [-0.25, -0.2) is 4.39 Å². The lowest BCUT2D eigenvalue weighted by Gasteiger charge is -2.05. The maximum Gasteiger partial charge on any atom is 0.123 e. The minimum absolute atomic E-state index is 0.118. The van der Waals surface area contributed by atoms with Gasteiger partial charge in [0, 0.05) is 0 Å². The molecular formula is C18H23F. The highest BCUT2D eigenvalue weighted by Gasteiger charge is 2.00. The Morgan fingerprint density at radius 1 is 0.789 bits per heavy atom. The van der Waals surface area contributed by atoms with E-state index < -0.39 is 0 Å². The van der Waals surface area contributed by atoms with Gasteiger partial charge in [-0.05, 0) is 48.1 Å². The predicted molar refractivity (Wildman–Crippen MR) is 81.0 cm³/mol. The SMILES string of the molecule is CC.CCc1cc(F)cc(CCc2ccccc2)c1.